The van der Waals surface area contributed by atoms with Gasteiger partial charge in [-0.15, -0.1) is 5.10 Å². The molecule has 0 unspecified atom stereocenters. The molecule has 1 aromatic heterocycles. The highest BCUT2D eigenvalue weighted by atomic mass is 32.2. The standard InChI is InChI=1S/C10H12N4O2S/c1-15-7-4-5-8(9(6-7)16-2)14-10(17-3)11-12-13-14/h4-6H,1-3H3. The van der Waals surface area contributed by atoms with E-state index < -0.39 is 0 Å². The first-order valence-electron chi connectivity index (χ1n) is 4.85. The molecule has 0 aliphatic carbocycles. The lowest BCUT2D eigenvalue weighted by Crippen LogP contribution is -2.02. The number of hydrogen-bond acceptors (Lipinski definition) is 6. The van der Waals surface area contributed by atoms with Crippen molar-refractivity contribution in [1.82, 2.24) is 20.2 Å². The molecule has 0 amide bonds. The number of thioether (sulfide) groups is 1. The maximum absolute atomic E-state index is 5.31. The Morgan fingerprint density at radius 3 is 2.71 bits per heavy atom. The summed E-state index contributed by atoms with van der Waals surface area (Å²) in [4.78, 5) is 0. The van der Waals surface area contributed by atoms with Gasteiger partial charge < -0.3 is 9.47 Å². The number of nitrogens with zero attached hydrogens (tertiary/aromatic N) is 4. The Morgan fingerprint density at radius 1 is 1.24 bits per heavy atom. The summed E-state index contributed by atoms with van der Waals surface area (Å²) in [6.07, 6.45) is 1.91. The molecule has 1 heterocycles. The first kappa shape index (κ1) is 11.7. The summed E-state index contributed by atoms with van der Waals surface area (Å²) < 4.78 is 12.1. The molecule has 0 spiro atoms. The summed E-state index contributed by atoms with van der Waals surface area (Å²) in [5, 5.41) is 12.2. The lowest BCUT2D eigenvalue weighted by molar-refractivity contribution is 0.391. The molecule has 90 valence electrons. The zero-order chi connectivity index (χ0) is 12.3. The second-order valence-corrected chi connectivity index (χ2v) is 3.89. The fourth-order valence-electron chi connectivity index (χ4n) is 1.42. The van der Waals surface area contributed by atoms with Gasteiger partial charge in [0.2, 0.25) is 5.16 Å². The third kappa shape index (κ3) is 2.19. The minimum Gasteiger partial charge on any atom is -0.497 e. The molecular formula is C10H12N4O2S. The number of rotatable bonds is 4. The van der Waals surface area contributed by atoms with Crippen LogP contribution in [-0.4, -0.2) is 40.7 Å². The van der Waals surface area contributed by atoms with Crippen molar-refractivity contribution in [3.05, 3.63) is 18.2 Å². The number of ether oxygens (including phenoxy) is 2. The van der Waals surface area contributed by atoms with Crippen molar-refractivity contribution < 1.29 is 9.47 Å². The molecule has 0 saturated heterocycles. The van der Waals surface area contributed by atoms with Crippen LogP contribution in [0.2, 0.25) is 0 Å². The average Bonchev–Trinajstić information content (AvgIpc) is 2.85. The topological polar surface area (TPSA) is 62.1 Å². The van der Waals surface area contributed by atoms with E-state index in [2.05, 4.69) is 15.5 Å². The lowest BCUT2D eigenvalue weighted by Gasteiger charge is -2.10. The molecule has 7 heteroatoms. The van der Waals surface area contributed by atoms with Gasteiger partial charge in [-0.2, -0.15) is 4.68 Å². The Morgan fingerprint density at radius 2 is 2.06 bits per heavy atom. The number of benzene rings is 1. The van der Waals surface area contributed by atoms with Crippen molar-refractivity contribution in [3.63, 3.8) is 0 Å². The van der Waals surface area contributed by atoms with E-state index in [9.17, 15) is 0 Å². The number of hydrogen-bond donors (Lipinski definition) is 0. The highest BCUT2D eigenvalue weighted by Crippen LogP contribution is 2.28. The summed E-state index contributed by atoms with van der Waals surface area (Å²) in [5.41, 5.74) is 0.780. The van der Waals surface area contributed by atoms with Crippen LogP contribution >= 0.6 is 11.8 Å². The second kappa shape index (κ2) is 5.05. The molecular weight excluding hydrogens is 240 g/mol. The molecule has 1 aromatic carbocycles. The van der Waals surface area contributed by atoms with E-state index in [1.165, 1.54) is 11.8 Å². The van der Waals surface area contributed by atoms with Gasteiger partial charge in [-0.05, 0) is 28.8 Å². The normalized spacial score (nSPS) is 10.3. The third-order valence-corrected chi connectivity index (χ3v) is 2.86. The fourth-order valence-corrected chi connectivity index (χ4v) is 1.84. The molecule has 0 N–H and O–H groups in total. The molecule has 0 bridgehead atoms. The van der Waals surface area contributed by atoms with Crippen molar-refractivity contribution in [2.24, 2.45) is 0 Å². The molecule has 0 saturated carbocycles. The highest BCUT2D eigenvalue weighted by Gasteiger charge is 2.12. The molecule has 2 rings (SSSR count). The average molecular weight is 252 g/mol. The van der Waals surface area contributed by atoms with Crippen LogP contribution in [0.15, 0.2) is 23.4 Å². The maximum Gasteiger partial charge on any atom is 0.213 e. The van der Waals surface area contributed by atoms with Gasteiger partial charge in [0.05, 0.1) is 14.2 Å². The summed E-state index contributed by atoms with van der Waals surface area (Å²) in [7, 11) is 3.21. The van der Waals surface area contributed by atoms with Gasteiger partial charge >= 0.3 is 0 Å². The minimum absolute atomic E-state index is 0.659. The van der Waals surface area contributed by atoms with E-state index in [0.29, 0.717) is 10.9 Å². The van der Waals surface area contributed by atoms with Crippen molar-refractivity contribution in [2.75, 3.05) is 20.5 Å². The van der Waals surface area contributed by atoms with Crippen molar-refractivity contribution in [1.29, 1.82) is 0 Å². The van der Waals surface area contributed by atoms with Gasteiger partial charge in [0.25, 0.3) is 0 Å². The van der Waals surface area contributed by atoms with Crippen molar-refractivity contribution in [2.45, 2.75) is 5.16 Å². The van der Waals surface area contributed by atoms with Crippen molar-refractivity contribution in [3.8, 4) is 17.2 Å². The third-order valence-electron chi connectivity index (χ3n) is 2.24. The molecule has 0 atom stereocenters. The first-order chi connectivity index (χ1) is 8.30. The lowest BCUT2D eigenvalue weighted by atomic mass is 10.3. The zero-order valence-corrected chi connectivity index (χ0v) is 10.6. The van der Waals surface area contributed by atoms with E-state index in [-0.39, 0.29) is 0 Å². The van der Waals surface area contributed by atoms with E-state index in [4.69, 9.17) is 9.47 Å². The Hall–Kier alpha value is -1.76. The van der Waals surface area contributed by atoms with Crippen LogP contribution in [0.5, 0.6) is 11.5 Å². The van der Waals surface area contributed by atoms with E-state index in [1.807, 2.05) is 18.4 Å². The Labute approximate surface area is 103 Å². The highest BCUT2D eigenvalue weighted by molar-refractivity contribution is 7.98. The van der Waals surface area contributed by atoms with Crippen molar-refractivity contribution >= 4 is 11.8 Å². The largest absolute Gasteiger partial charge is 0.497 e. The molecule has 17 heavy (non-hydrogen) atoms. The van der Waals surface area contributed by atoms with Gasteiger partial charge in [0.1, 0.15) is 17.2 Å². The van der Waals surface area contributed by atoms with E-state index >= 15 is 0 Å². The molecule has 0 fully saturated rings. The van der Waals surface area contributed by atoms with Crippen LogP contribution in [0, 0.1) is 0 Å². The summed E-state index contributed by atoms with van der Waals surface area (Å²) in [6, 6.07) is 5.48. The predicted octanol–water partition coefficient (Wildman–Crippen LogP) is 1.40. The fraction of sp³-hybridized carbons (Fsp3) is 0.300. The van der Waals surface area contributed by atoms with Crippen LogP contribution in [0.4, 0.5) is 0 Å². The molecule has 0 aliphatic heterocycles. The smallest absolute Gasteiger partial charge is 0.213 e. The number of methoxy groups -OCH3 is 2. The second-order valence-electron chi connectivity index (χ2n) is 3.12. The summed E-state index contributed by atoms with van der Waals surface area (Å²) in [6.45, 7) is 0. The predicted molar refractivity (Wildman–Crippen MR) is 64.0 cm³/mol. The molecule has 0 radical (unpaired) electrons. The Bertz CT molecular complexity index is 515. The van der Waals surface area contributed by atoms with E-state index in [0.717, 1.165) is 11.4 Å². The van der Waals surface area contributed by atoms with Gasteiger partial charge in [0.15, 0.2) is 0 Å². The van der Waals surface area contributed by atoms with Gasteiger partial charge in [-0.25, -0.2) is 0 Å². The van der Waals surface area contributed by atoms with E-state index in [1.54, 1.807) is 25.0 Å². The first-order valence-corrected chi connectivity index (χ1v) is 6.07. The van der Waals surface area contributed by atoms with Gasteiger partial charge in [0, 0.05) is 6.07 Å². The molecule has 2 aromatic rings. The zero-order valence-electron chi connectivity index (χ0n) is 9.75. The van der Waals surface area contributed by atoms with Crippen LogP contribution in [0.1, 0.15) is 0 Å². The van der Waals surface area contributed by atoms with Gasteiger partial charge in [-0.3, -0.25) is 0 Å². The van der Waals surface area contributed by atoms with Crippen LogP contribution < -0.4 is 9.47 Å². The Kier molecular flexibility index (Phi) is 3.48. The number of aromatic nitrogens is 4. The van der Waals surface area contributed by atoms with Crippen LogP contribution in [0.3, 0.4) is 0 Å². The minimum atomic E-state index is 0.659. The number of tetrazole rings is 1. The SMILES string of the molecule is COc1ccc(-n2nnnc2SC)c(OC)c1. The summed E-state index contributed by atoms with van der Waals surface area (Å²) in [5.74, 6) is 1.39. The maximum atomic E-state index is 5.31. The van der Waals surface area contributed by atoms with Crippen LogP contribution in [0.25, 0.3) is 5.69 Å². The van der Waals surface area contributed by atoms with Gasteiger partial charge in [-0.1, -0.05) is 11.8 Å². The summed E-state index contributed by atoms with van der Waals surface area (Å²) >= 11 is 1.47. The molecule has 0 aliphatic rings. The quantitative estimate of drug-likeness (QED) is 0.766. The molecule has 6 nitrogen and oxygen atoms in total. The monoisotopic (exact) mass is 252 g/mol. The van der Waals surface area contributed by atoms with Crippen LogP contribution in [-0.2, 0) is 0 Å². The Balaban J connectivity index is 2.51.